The molecule has 144 valence electrons. The van der Waals surface area contributed by atoms with Crippen LogP contribution in [0.3, 0.4) is 0 Å². The van der Waals surface area contributed by atoms with Crippen molar-refractivity contribution in [1.29, 1.82) is 0 Å². The van der Waals surface area contributed by atoms with E-state index in [1.54, 1.807) is 4.90 Å². The van der Waals surface area contributed by atoms with Gasteiger partial charge in [-0.15, -0.1) is 11.3 Å². The van der Waals surface area contributed by atoms with Crippen LogP contribution in [0.15, 0.2) is 47.8 Å². The number of anilines is 1. The van der Waals surface area contributed by atoms with E-state index in [1.807, 2.05) is 41.8 Å². The summed E-state index contributed by atoms with van der Waals surface area (Å²) in [6.07, 6.45) is 1.65. The standard InChI is InChI=1S/C21H21N3O3S/c25-19(13-17-14-28-21(23-17)24-10-3-6-20(24)26)22-9-11-27-18-8-7-15-4-1-2-5-16(15)12-18/h1-2,4-5,7-8,12,14H,3,6,9-11,13H2,(H,22,25). The second-order valence-corrected chi connectivity index (χ2v) is 7.49. The zero-order chi connectivity index (χ0) is 19.3. The molecule has 1 aromatic heterocycles. The van der Waals surface area contributed by atoms with Gasteiger partial charge < -0.3 is 10.1 Å². The van der Waals surface area contributed by atoms with Crippen molar-refractivity contribution in [3.63, 3.8) is 0 Å². The fourth-order valence-electron chi connectivity index (χ4n) is 3.20. The third-order valence-corrected chi connectivity index (χ3v) is 5.51. The van der Waals surface area contributed by atoms with E-state index in [2.05, 4.69) is 16.4 Å². The summed E-state index contributed by atoms with van der Waals surface area (Å²) in [5.74, 6) is 0.787. The Bertz CT molecular complexity index is 1000. The molecule has 1 N–H and O–H groups in total. The Morgan fingerprint density at radius 2 is 2.07 bits per heavy atom. The molecular weight excluding hydrogens is 374 g/mol. The van der Waals surface area contributed by atoms with Crippen molar-refractivity contribution in [3.8, 4) is 5.75 Å². The molecule has 0 spiro atoms. The molecule has 0 unspecified atom stereocenters. The van der Waals surface area contributed by atoms with Crippen LogP contribution in [0.2, 0.25) is 0 Å². The van der Waals surface area contributed by atoms with Crippen molar-refractivity contribution in [2.75, 3.05) is 24.6 Å². The lowest BCUT2D eigenvalue weighted by Gasteiger charge is -2.10. The summed E-state index contributed by atoms with van der Waals surface area (Å²) in [5, 5.41) is 7.66. The summed E-state index contributed by atoms with van der Waals surface area (Å²) < 4.78 is 5.73. The number of hydrogen-bond acceptors (Lipinski definition) is 5. The molecule has 2 heterocycles. The normalized spacial score (nSPS) is 13.9. The number of rotatable bonds is 7. The van der Waals surface area contributed by atoms with E-state index in [0.29, 0.717) is 36.9 Å². The molecule has 0 saturated carbocycles. The van der Waals surface area contributed by atoms with Gasteiger partial charge in [-0.3, -0.25) is 14.5 Å². The minimum absolute atomic E-state index is 0.105. The molecule has 0 bridgehead atoms. The molecule has 2 amide bonds. The van der Waals surface area contributed by atoms with Gasteiger partial charge in [0.15, 0.2) is 5.13 Å². The van der Waals surface area contributed by atoms with Crippen molar-refractivity contribution in [2.24, 2.45) is 0 Å². The Morgan fingerprint density at radius 1 is 1.21 bits per heavy atom. The zero-order valence-electron chi connectivity index (χ0n) is 15.4. The highest BCUT2D eigenvalue weighted by Crippen LogP contribution is 2.25. The topological polar surface area (TPSA) is 71.5 Å². The lowest BCUT2D eigenvalue weighted by molar-refractivity contribution is -0.120. The molecule has 0 atom stereocenters. The molecule has 6 nitrogen and oxygen atoms in total. The van der Waals surface area contributed by atoms with E-state index < -0.39 is 0 Å². The fourth-order valence-corrected chi connectivity index (χ4v) is 4.06. The number of nitrogens with one attached hydrogen (secondary N) is 1. The molecule has 1 fully saturated rings. The van der Waals surface area contributed by atoms with Crippen LogP contribution in [-0.2, 0) is 16.0 Å². The summed E-state index contributed by atoms with van der Waals surface area (Å²) in [7, 11) is 0. The minimum atomic E-state index is -0.105. The average Bonchev–Trinajstić information content (AvgIpc) is 3.33. The maximum Gasteiger partial charge on any atom is 0.228 e. The van der Waals surface area contributed by atoms with Gasteiger partial charge in [0.25, 0.3) is 0 Å². The highest BCUT2D eigenvalue weighted by atomic mass is 32.1. The first-order chi connectivity index (χ1) is 13.7. The predicted molar refractivity (Wildman–Crippen MR) is 110 cm³/mol. The van der Waals surface area contributed by atoms with Crippen molar-refractivity contribution < 1.29 is 14.3 Å². The maximum absolute atomic E-state index is 12.1. The number of benzene rings is 2. The largest absolute Gasteiger partial charge is 0.492 e. The van der Waals surface area contributed by atoms with Gasteiger partial charge in [0, 0.05) is 18.3 Å². The number of carbonyl (C=O) groups excluding carboxylic acids is 2. The first kappa shape index (κ1) is 18.4. The zero-order valence-corrected chi connectivity index (χ0v) is 16.2. The molecule has 2 aromatic carbocycles. The van der Waals surface area contributed by atoms with Crippen molar-refractivity contribution in [3.05, 3.63) is 53.5 Å². The van der Waals surface area contributed by atoms with E-state index in [0.717, 1.165) is 17.6 Å². The number of hydrogen-bond donors (Lipinski definition) is 1. The Kier molecular flexibility index (Phi) is 5.53. The summed E-state index contributed by atoms with van der Waals surface area (Å²) in [5.41, 5.74) is 0.688. The van der Waals surface area contributed by atoms with Gasteiger partial charge in [-0.25, -0.2) is 4.98 Å². The molecule has 28 heavy (non-hydrogen) atoms. The lowest BCUT2D eigenvalue weighted by atomic mass is 10.1. The Hall–Kier alpha value is -2.93. The maximum atomic E-state index is 12.1. The third-order valence-electron chi connectivity index (χ3n) is 4.60. The molecule has 4 rings (SSSR count). The van der Waals surface area contributed by atoms with Crippen LogP contribution in [0.25, 0.3) is 10.8 Å². The van der Waals surface area contributed by atoms with Crippen LogP contribution < -0.4 is 15.0 Å². The number of ether oxygens (including phenoxy) is 1. The SMILES string of the molecule is O=C(Cc1csc(N2CCCC2=O)n1)NCCOc1ccc2ccccc2c1. The monoisotopic (exact) mass is 395 g/mol. The van der Waals surface area contributed by atoms with Gasteiger partial charge in [0.05, 0.1) is 18.7 Å². The average molecular weight is 395 g/mol. The summed E-state index contributed by atoms with van der Waals surface area (Å²) in [6.45, 7) is 1.53. The van der Waals surface area contributed by atoms with E-state index in [9.17, 15) is 9.59 Å². The van der Waals surface area contributed by atoms with E-state index >= 15 is 0 Å². The molecule has 1 aliphatic rings. The van der Waals surface area contributed by atoms with Crippen LogP contribution >= 0.6 is 11.3 Å². The number of amides is 2. The summed E-state index contributed by atoms with van der Waals surface area (Å²) in [6, 6.07) is 14.1. The quantitative estimate of drug-likeness (QED) is 0.624. The van der Waals surface area contributed by atoms with Crippen LogP contribution in [0, 0.1) is 0 Å². The summed E-state index contributed by atoms with van der Waals surface area (Å²) >= 11 is 1.41. The van der Waals surface area contributed by atoms with Gasteiger partial charge in [-0.05, 0) is 29.3 Å². The second kappa shape index (κ2) is 8.39. The Balaban J connectivity index is 1.22. The highest BCUT2D eigenvalue weighted by molar-refractivity contribution is 7.14. The molecule has 7 heteroatoms. The molecule has 1 aliphatic heterocycles. The number of thiazole rings is 1. The highest BCUT2D eigenvalue weighted by Gasteiger charge is 2.24. The van der Waals surface area contributed by atoms with Crippen LogP contribution in [0.4, 0.5) is 5.13 Å². The third kappa shape index (κ3) is 4.31. The molecule has 3 aromatic rings. The van der Waals surface area contributed by atoms with E-state index in [-0.39, 0.29) is 18.2 Å². The minimum Gasteiger partial charge on any atom is -0.492 e. The first-order valence-electron chi connectivity index (χ1n) is 9.32. The van der Waals surface area contributed by atoms with Crippen LogP contribution in [-0.4, -0.2) is 36.5 Å². The molecule has 0 aliphatic carbocycles. The fraction of sp³-hybridized carbons (Fsp3) is 0.286. The molecular formula is C21H21N3O3S. The van der Waals surface area contributed by atoms with Crippen molar-refractivity contribution in [2.45, 2.75) is 19.3 Å². The van der Waals surface area contributed by atoms with E-state index in [1.165, 1.54) is 16.7 Å². The van der Waals surface area contributed by atoms with Crippen molar-refractivity contribution >= 4 is 39.1 Å². The van der Waals surface area contributed by atoms with Gasteiger partial charge in [0.1, 0.15) is 12.4 Å². The van der Waals surface area contributed by atoms with E-state index in [4.69, 9.17) is 4.74 Å². The number of nitrogens with zero attached hydrogens (tertiary/aromatic N) is 2. The van der Waals surface area contributed by atoms with Crippen molar-refractivity contribution in [1.82, 2.24) is 10.3 Å². The number of carbonyl (C=O) groups is 2. The smallest absolute Gasteiger partial charge is 0.228 e. The van der Waals surface area contributed by atoms with Gasteiger partial charge in [0.2, 0.25) is 11.8 Å². The molecule has 1 saturated heterocycles. The predicted octanol–water partition coefficient (Wildman–Crippen LogP) is 3.16. The number of aromatic nitrogens is 1. The number of fused-ring (bicyclic) bond motifs is 1. The Labute approximate surface area is 167 Å². The van der Waals surface area contributed by atoms with Crippen LogP contribution in [0.1, 0.15) is 18.5 Å². The lowest BCUT2D eigenvalue weighted by Crippen LogP contribution is -2.29. The second-order valence-electron chi connectivity index (χ2n) is 6.65. The Morgan fingerprint density at radius 3 is 2.89 bits per heavy atom. The van der Waals surface area contributed by atoms with Crippen LogP contribution in [0.5, 0.6) is 5.75 Å². The van der Waals surface area contributed by atoms with Gasteiger partial charge in [-0.1, -0.05) is 30.3 Å². The summed E-state index contributed by atoms with van der Waals surface area (Å²) in [4.78, 5) is 30.0. The van der Waals surface area contributed by atoms with Gasteiger partial charge in [-0.2, -0.15) is 0 Å². The molecule has 0 radical (unpaired) electrons. The van der Waals surface area contributed by atoms with Gasteiger partial charge >= 0.3 is 0 Å². The first-order valence-corrected chi connectivity index (χ1v) is 10.2.